The molecule has 7 nitrogen and oxygen atoms in total. The molecule has 0 aromatic rings. The lowest BCUT2D eigenvalue weighted by Gasteiger charge is -2.39. The van der Waals surface area contributed by atoms with Crippen LogP contribution in [0, 0.1) is 5.41 Å². The summed E-state index contributed by atoms with van der Waals surface area (Å²) in [6.07, 6.45) is 3.14. The van der Waals surface area contributed by atoms with Gasteiger partial charge in [0.25, 0.3) is 0 Å². The van der Waals surface area contributed by atoms with Gasteiger partial charge in [0.05, 0.1) is 12.1 Å². The molecular formula is C16H29N3O4. The van der Waals surface area contributed by atoms with Crippen molar-refractivity contribution in [3.05, 3.63) is 0 Å². The molecule has 3 N–H and O–H groups in total. The maximum absolute atomic E-state index is 12.3. The summed E-state index contributed by atoms with van der Waals surface area (Å²) < 4.78 is 4.98. The normalized spacial score (nSPS) is 27.5. The lowest BCUT2D eigenvalue weighted by Crippen LogP contribution is -2.49. The number of aliphatic hydroxyl groups is 1. The first-order chi connectivity index (χ1) is 10.8. The number of ether oxygens (including phenoxy) is 1. The van der Waals surface area contributed by atoms with Crippen molar-refractivity contribution >= 4 is 11.8 Å². The minimum absolute atomic E-state index is 0.0321. The van der Waals surface area contributed by atoms with Crippen molar-refractivity contribution in [1.82, 2.24) is 9.80 Å². The molecule has 132 valence electrons. The average molecular weight is 327 g/mol. The number of amides is 2. The van der Waals surface area contributed by atoms with Crippen LogP contribution in [0.25, 0.3) is 0 Å². The van der Waals surface area contributed by atoms with E-state index >= 15 is 0 Å². The van der Waals surface area contributed by atoms with Crippen LogP contribution in [-0.2, 0) is 14.3 Å². The highest BCUT2D eigenvalue weighted by Crippen LogP contribution is 2.47. The number of nitrogens with two attached hydrogens (primary N) is 1. The van der Waals surface area contributed by atoms with E-state index in [0.717, 1.165) is 32.4 Å². The van der Waals surface area contributed by atoms with E-state index in [1.807, 2.05) is 6.92 Å². The first-order valence-electron chi connectivity index (χ1n) is 8.25. The Kier molecular flexibility index (Phi) is 5.65. The van der Waals surface area contributed by atoms with Crippen LogP contribution in [0.4, 0.5) is 0 Å². The molecule has 0 aliphatic carbocycles. The summed E-state index contributed by atoms with van der Waals surface area (Å²) in [5, 5.41) is 9.83. The highest BCUT2D eigenvalue weighted by Gasteiger charge is 2.52. The lowest BCUT2D eigenvalue weighted by molar-refractivity contribution is -0.140. The molecule has 2 aliphatic rings. The molecule has 0 aromatic carbocycles. The molecule has 2 aliphatic heterocycles. The summed E-state index contributed by atoms with van der Waals surface area (Å²) >= 11 is 0. The summed E-state index contributed by atoms with van der Waals surface area (Å²) in [6, 6.07) is 0. The fourth-order valence-electron chi connectivity index (χ4n) is 4.07. The van der Waals surface area contributed by atoms with Gasteiger partial charge < -0.3 is 25.4 Å². The molecule has 7 heteroatoms. The van der Waals surface area contributed by atoms with Crippen LogP contribution in [0.5, 0.6) is 0 Å². The Balaban J connectivity index is 1.99. The van der Waals surface area contributed by atoms with Crippen LogP contribution in [0.1, 0.15) is 32.6 Å². The van der Waals surface area contributed by atoms with E-state index in [1.54, 1.807) is 4.90 Å². The highest BCUT2D eigenvalue weighted by atomic mass is 16.5. The Hall–Kier alpha value is -1.18. The standard InChI is InChI=1S/C16H29N3O4/c1-15(12-20)10-16(11-19(15)14(22)9-23-2)4-7-18(8-5-16)6-3-13(17)21/h20H,3-12H2,1-2H3,(H2,17,21). The first-order valence-corrected chi connectivity index (χ1v) is 8.25. The zero-order chi connectivity index (χ0) is 17.1. The third-order valence-corrected chi connectivity index (χ3v) is 5.40. The van der Waals surface area contributed by atoms with Crippen molar-refractivity contribution < 1.29 is 19.4 Å². The lowest BCUT2D eigenvalue weighted by atomic mass is 9.74. The van der Waals surface area contributed by atoms with Gasteiger partial charge in [0.2, 0.25) is 11.8 Å². The minimum Gasteiger partial charge on any atom is -0.394 e. The van der Waals surface area contributed by atoms with Gasteiger partial charge in [-0.2, -0.15) is 0 Å². The molecule has 1 spiro atoms. The summed E-state index contributed by atoms with van der Waals surface area (Å²) in [5.74, 6) is -0.326. The first kappa shape index (κ1) is 18.2. The molecule has 23 heavy (non-hydrogen) atoms. The summed E-state index contributed by atoms with van der Waals surface area (Å²) in [7, 11) is 1.51. The minimum atomic E-state index is -0.509. The van der Waals surface area contributed by atoms with Gasteiger partial charge in [0.1, 0.15) is 6.61 Å². The Morgan fingerprint density at radius 1 is 1.30 bits per heavy atom. The predicted molar refractivity (Wildman–Crippen MR) is 85.6 cm³/mol. The molecule has 2 heterocycles. The van der Waals surface area contributed by atoms with E-state index in [9.17, 15) is 14.7 Å². The van der Waals surface area contributed by atoms with E-state index in [0.29, 0.717) is 19.5 Å². The zero-order valence-corrected chi connectivity index (χ0v) is 14.2. The molecule has 0 saturated carbocycles. The third kappa shape index (κ3) is 4.02. The Labute approximate surface area is 137 Å². The van der Waals surface area contributed by atoms with Gasteiger partial charge in [0.15, 0.2) is 0 Å². The van der Waals surface area contributed by atoms with Crippen LogP contribution >= 0.6 is 0 Å². The smallest absolute Gasteiger partial charge is 0.249 e. The van der Waals surface area contributed by atoms with Crippen LogP contribution in [0.2, 0.25) is 0 Å². The molecule has 2 amide bonds. The maximum atomic E-state index is 12.3. The molecule has 2 rings (SSSR count). The monoisotopic (exact) mass is 327 g/mol. The van der Waals surface area contributed by atoms with E-state index in [4.69, 9.17) is 10.5 Å². The van der Waals surface area contributed by atoms with Crippen molar-refractivity contribution in [1.29, 1.82) is 0 Å². The number of carbonyl (C=O) groups excluding carboxylic acids is 2. The highest BCUT2D eigenvalue weighted by molar-refractivity contribution is 5.78. The van der Waals surface area contributed by atoms with Gasteiger partial charge in [-0.15, -0.1) is 0 Å². The van der Waals surface area contributed by atoms with Gasteiger partial charge in [0, 0.05) is 26.6 Å². The largest absolute Gasteiger partial charge is 0.394 e. The fourth-order valence-corrected chi connectivity index (χ4v) is 4.07. The Morgan fingerprint density at radius 2 is 1.96 bits per heavy atom. The summed E-state index contributed by atoms with van der Waals surface area (Å²) in [4.78, 5) is 27.3. The molecule has 2 fully saturated rings. The van der Waals surface area contributed by atoms with E-state index in [-0.39, 0.29) is 30.4 Å². The number of likely N-dealkylation sites (tertiary alicyclic amines) is 2. The maximum Gasteiger partial charge on any atom is 0.249 e. The summed E-state index contributed by atoms with van der Waals surface area (Å²) in [5.41, 5.74) is 4.76. The second-order valence-corrected chi connectivity index (χ2v) is 7.30. The van der Waals surface area contributed by atoms with E-state index < -0.39 is 5.54 Å². The molecular weight excluding hydrogens is 298 g/mol. The quantitative estimate of drug-likeness (QED) is 0.690. The summed E-state index contributed by atoms with van der Waals surface area (Å²) in [6.45, 7) is 5.16. The third-order valence-electron chi connectivity index (χ3n) is 5.40. The average Bonchev–Trinajstić information content (AvgIpc) is 2.81. The number of carbonyl (C=O) groups is 2. The molecule has 2 saturated heterocycles. The van der Waals surface area contributed by atoms with E-state index in [1.165, 1.54) is 7.11 Å². The fraction of sp³-hybridized carbons (Fsp3) is 0.875. The van der Waals surface area contributed by atoms with Crippen molar-refractivity contribution in [3.8, 4) is 0 Å². The second-order valence-electron chi connectivity index (χ2n) is 7.30. The topological polar surface area (TPSA) is 96.1 Å². The van der Waals surface area contributed by atoms with Crippen LogP contribution in [-0.4, -0.2) is 78.8 Å². The number of nitrogens with zero attached hydrogens (tertiary/aromatic N) is 2. The predicted octanol–water partition coefficient (Wildman–Crippen LogP) is -0.426. The number of methoxy groups -OCH3 is 1. The number of aliphatic hydroxyl groups excluding tert-OH is 1. The number of hydrogen-bond acceptors (Lipinski definition) is 5. The number of primary amides is 1. The Bertz CT molecular complexity index is 449. The SMILES string of the molecule is COCC(=O)N1CC2(CCN(CCC(N)=O)CC2)CC1(C)CO. The van der Waals surface area contributed by atoms with Crippen LogP contribution in [0.3, 0.4) is 0 Å². The molecule has 0 bridgehead atoms. The zero-order valence-electron chi connectivity index (χ0n) is 14.2. The molecule has 1 atom stereocenters. The number of rotatable bonds is 6. The molecule has 0 aromatic heterocycles. The Morgan fingerprint density at radius 3 is 2.48 bits per heavy atom. The van der Waals surface area contributed by atoms with Gasteiger partial charge in [-0.1, -0.05) is 0 Å². The molecule has 0 radical (unpaired) electrons. The van der Waals surface area contributed by atoms with Crippen LogP contribution < -0.4 is 5.73 Å². The van der Waals surface area contributed by atoms with Gasteiger partial charge in [-0.3, -0.25) is 9.59 Å². The number of hydrogen-bond donors (Lipinski definition) is 2. The second kappa shape index (κ2) is 7.15. The van der Waals surface area contributed by atoms with Crippen molar-refractivity contribution in [2.24, 2.45) is 11.1 Å². The van der Waals surface area contributed by atoms with Gasteiger partial charge >= 0.3 is 0 Å². The van der Waals surface area contributed by atoms with Crippen LogP contribution in [0.15, 0.2) is 0 Å². The van der Waals surface area contributed by atoms with Gasteiger partial charge in [-0.05, 0) is 44.7 Å². The van der Waals surface area contributed by atoms with Crippen molar-refractivity contribution in [2.75, 3.05) is 46.5 Å². The van der Waals surface area contributed by atoms with E-state index in [2.05, 4.69) is 4.90 Å². The molecule has 1 unspecified atom stereocenters. The van der Waals surface area contributed by atoms with Crippen molar-refractivity contribution in [3.63, 3.8) is 0 Å². The van der Waals surface area contributed by atoms with Gasteiger partial charge in [-0.25, -0.2) is 0 Å². The van der Waals surface area contributed by atoms with Crippen molar-refractivity contribution in [2.45, 2.75) is 38.1 Å². The number of piperidine rings is 1.